The molecule has 0 saturated carbocycles. The molecule has 0 spiro atoms. The highest BCUT2D eigenvalue weighted by molar-refractivity contribution is 6.29. The Balaban J connectivity index is 3.69. The lowest BCUT2D eigenvalue weighted by atomic mass is 10.3. The molecule has 0 heterocycles. The number of hydrogen-bond acceptors (Lipinski definition) is 2. The zero-order valence-electron chi connectivity index (χ0n) is 8.62. The largest absolute Gasteiger partial charge is 0.481 e. The number of hydrogen-bond donors (Lipinski definition) is 2. The predicted molar refractivity (Wildman–Crippen MR) is 57.9 cm³/mol. The predicted octanol–water partition coefficient (Wildman–Crippen LogP) is 1.25. The first kappa shape index (κ1) is 13.8. The smallest absolute Gasteiger partial charge is 0.317 e. The molecule has 0 unspecified atom stereocenters. The summed E-state index contributed by atoms with van der Waals surface area (Å²) in [6.07, 6.45) is 0.487. The van der Waals surface area contributed by atoms with Crippen molar-refractivity contribution in [3.05, 3.63) is 11.6 Å². The standard InChI is InChI=1S/C9H15ClN2O3/c1-7(10)6-11-9(15)12(2)5-3-4-8(13)14/h1,3-6H2,2H3,(H,11,15)(H,13,14). The molecular weight excluding hydrogens is 220 g/mol. The fraction of sp³-hybridized carbons (Fsp3) is 0.556. The number of carbonyl (C=O) groups excluding carboxylic acids is 1. The van der Waals surface area contributed by atoms with Gasteiger partial charge in [-0.15, -0.1) is 0 Å². The van der Waals surface area contributed by atoms with Crippen molar-refractivity contribution in [2.45, 2.75) is 12.8 Å². The van der Waals surface area contributed by atoms with Crippen molar-refractivity contribution in [1.29, 1.82) is 0 Å². The molecule has 0 aromatic carbocycles. The Bertz CT molecular complexity index is 256. The van der Waals surface area contributed by atoms with Crippen LogP contribution in [0.3, 0.4) is 0 Å². The minimum atomic E-state index is -0.863. The zero-order chi connectivity index (χ0) is 11.8. The van der Waals surface area contributed by atoms with Gasteiger partial charge in [-0.05, 0) is 6.42 Å². The van der Waals surface area contributed by atoms with Gasteiger partial charge in [-0.1, -0.05) is 18.2 Å². The van der Waals surface area contributed by atoms with Crippen LogP contribution in [0, 0.1) is 0 Å². The second-order valence-corrected chi connectivity index (χ2v) is 3.63. The number of nitrogens with zero attached hydrogens (tertiary/aromatic N) is 1. The van der Waals surface area contributed by atoms with Crippen LogP contribution in [0.25, 0.3) is 0 Å². The van der Waals surface area contributed by atoms with Gasteiger partial charge in [0.15, 0.2) is 0 Å². The molecule has 0 fully saturated rings. The Morgan fingerprint density at radius 1 is 1.53 bits per heavy atom. The van der Waals surface area contributed by atoms with Gasteiger partial charge in [-0.2, -0.15) is 0 Å². The van der Waals surface area contributed by atoms with Gasteiger partial charge in [-0.25, -0.2) is 4.79 Å². The fourth-order valence-electron chi connectivity index (χ4n) is 0.875. The lowest BCUT2D eigenvalue weighted by Crippen LogP contribution is -2.38. The van der Waals surface area contributed by atoms with Gasteiger partial charge in [0, 0.05) is 25.0 Å². The number of carbonyl (C=O) groups is 2. The Hall–Kier alpha value is -1.23. The lowest BCUT2D eigenvalue weighted by molar-refractivity contribution is -0.137. The maximum atomic E-state index is 11.3. The van der Waals surface area contributed by atoms with E-state index >= 15 is 0 Å². The van der Waals surface area contributed by atoms with E-state index < -0.39 is 5.97 Å². The summed E-state index contributed by atoms with van der Waals surface area (Å²) in [4.78, 5) is 22.9. The molecule has 0 saturated heterocycles. The van der Waals surface area contributed by atoms with Crippen molar-refractivity contribution in [2.75, 3.05) is 20.1 Å². The van der Waals surface area contributed by atoms with E-state index in [4.69, 9.17) is 16.7 Å². The van der Waals surface area contributed by atoms with Gasteiger partial charge in [0.05, 0.1) is 6.54 Å². The summed E-state index contributed by atoms with van der Waals surface area (Å²) in [7, 11) is 1.59. The maximum Gasteiger partial charge on any atom is 0.317 e. The summed E-state index contributed by atoms with van der Waals surface area (Å²) in [6, 6.07) is -0.290. The van der Waals surface area contributed by atoms with Crippen LogP contribution in [-0.2, 0) is 4.79 Å². The minimum absolute atomic E-state index is 0.0554. The van der Waals surface area contributed by atoms with E-state index in [0.717, 1.165) is 0 Å². The Morgan fingerprint density at radius 2 is 2.13 bits per heavy atom. The first-order valence-electron chi connectivity index (χ1n) is 4.47. The van der Waals surface area contributed by atoms with Crippen LogP contribution in [0.2, 0.25) is 0 Å². The molecule has 0 aliphatic rings. The fourth-order valence-corrected chi connectivity index (χ4v) is 0.942. The van der Waals surface area contributed by atoms with Gasteiger partial charge >= 0.3 is 12.0 Å². The van der Waals surface area contributed by atoms with Crippen molar-refractivity contribution in [1.82, 2.24) is 10.2 Å². The molecule has 2 amide bonds. The Morgan fingerprint density at radius 3 is 2.60 bits per heavy atom. The molecule has 0 aliphatic heterocycles. The monoisotopic (exact) mass is 234 g/mol. The van der Waals surface area contributed by atoms with Gasteiger partial charge in [-0.3, -0.25) is 4.79 Å². The molecule has 0 aromatic rings. The summed E-state index contributed by atoms with van der Waals surface area (Å²) in [5.74, 6) is -0.863. The SMILES string of the molecule is C=C(Cl)CNC(=O)N(C)CCCC(=O)O. The van der Waals surface area contributed by atoms with Crippen LogP contribution in [0.5, 0.6) is 0 Å². The summed E-state index contributed by atoms with van der Waals surface area (Å²) in [6.45, 7) is 4.03. The third-order valence-electron chi connectivity index (χ3n) is 1.66. The van der Waals surface area contributed by atoms with Crippen molar-refractivity contribution in [3.63, 3.8) is 0 Å². The van der Waals surface area contributed by atoms with Crippen molar-refractivity contribution in [3.8, 4) is 0 Å². The van der Waals surface area contributed by atoms with E-state index in [1.165, 1.54) is 4.90 Å². The van der Waals surface area contributed by atoms with Crippen LogP contribution in [0.4, 0.5) is 4.79 Å². The molecule has 15 heavy (non-hydrogen) atoms. The molecule has 5 nitrogen and oxygen atoms in total. The summed E-state index contributed by atoms with van der Waals surface area (Å²) < 4.78 is 0. The lowest BCUT2D eigenvalue weighted by Gasteiger charge is -2.17. The third-order valence-corrected chi connectivity index (χ3v) is 1.80. The molecular formula is C9H15ClN2O3. The molecule has 0 aromatic heterocycles. The molecule has 0 atom stereocenters. The number of nitrogens with one attached hydrogen (secondary N) is 1. The average molecular weight is 235 g/mol. The van der Waals surface area contributed by atoms with E-state index in [2.05, 4.69) is 11.9 Å². The second-order valence-electron chi connectivity index (χ2n) is 3.09. The van der Waals surface area contributed by atoms with Crippen molar-refractivity contribution < 1.29 is 14.7 Å². The van der Waals surface area contributed by atoms with E-state index in [-0.39, 0.29) is 19.0 Å². The molecule has 0 bridgehead atoms. The van der Waals surface area contributed by atoms with Crippen LogP contribution < -0.4 is 5.32 Å². The summed E-state index contributed by atoms with van der Waals surface area (Å²) >= 11 is 5.47. The van der Waals surface area contributed by atoms with Gasteiger partial charge < -0.3 is 15.3 Å². The molecule has 0 rings (SSSR count). The van der Waals surface area contributed by atoms with Gasteiger partial charge in [0.25, 0.3) is 0 Å². The molecule has 86 valence electrons. The first-order chi connectivity index (χ1) is 6.93. The summed E-state index contributed by atoms with van der Waals surface area (Å²) in [5, 5.41) is 11.3. The highest BCUT2D eigenvalue weighted by Crippen LogP contribution is 1.96. The number of carboxylic acid groups (broad SMARTS) is 1. The van der Waals surface area contributed by atoms with Crippen molar-refractivity contribution in [2.24, 2.45) is 0 Å². The number of urea groups is 1. The maximum absolute atomic E-state index is 11.3. The Labute approximate surface area is 93.7 Å². The summed E-state index contributed by atoms with van der Waals surface area (Å²) in [5.41, 5.74) is 0. The van der Waals surface area contributed by atoms with E-state index in [0.29, 0.717) is 18.0 Å². The highest BCUT2D eigenvalue weighted by atomic mass is 35.5. The number of aliphatic carboxylic acids is 1. The third kappa shape index (κ3) is 7.81. The topological polar surface area (TPSA) is 69.6 Å². The van der Waals surface area contributed by atoms with Crippen LogP contribution in [-0.4, -0.2) is 42.1 Å². The van der Waals surface area contributed by atoms with E-state index in [1.54, 1.807) is 7.05 Å². The molecule has 0 radical (unpaired) electrons. The molecule has 6 heteroatoms. The van der Waals surface area contributed by atoms with Crippen LogP contribution in [0.1, 0.15) is 12.8 Å². The van der Waals surface area contributed by atoms with Gasteiger partial charge in [0.2, 0.25) is 0 Å². The van der Waals surface area contributed by atoms with E-state index in [9.17, 15) is 9.59 Å². The second kappa shape index (κ2) is 7.11. The number of amides is 2. The zero-order valence-corrected chi connectivity index (χ0v) is 9.38. The van der Waals surface area contributed by atoms with E-state index in [1.807, 2.05) is 0 Å². The number of rotatable bonds is 6. The van der Waals surface area contributed by atoms with Crippen LogP contribution in [0.15, 0.2) is 11.6 Å². The number of carboxylic acids is 1. The van der Waals surface area contributed by atoms with Crippen molar-refractivity contribution >= 4 is 23.6 Å². The molecule has 0 aliphatic carbocycles. The quantitative estimate of drug-likeness (QED) is 0.727. The van der Waals surface area contributed by atoms with Crippen LogP contribution >= 0.6 is 11.6 Å². The normalized spacial score (nSPS) is 9.47. The Kier molecular flexibility index (Phi) is 6.53. The minimum Gasteiger partial charge on any atom is -0.481 e. The van der Waals surface area contributed by atoms with Gasteiger partial charge in [0.1, 0.15) is 0 Å². The first-order valence-corrected chi connectivity index (χ1v) is 4.85. The number of halogens is 1. The molecule has 2 N–H and O–H groups in total. The highest BCUT2D eigenvalue weighted by Gasteiger charge is 2.08. The average Bonchev–Trinajstić information content (AvgIpc) is 2.13.